The Balaban J connectivity index is 1.48. The quantitative estimate of drug-likeness (QED) is 0.410. The van der Waals surface area contributed by atoms with E-state index < -0.39 is 5.91 Å². The van der Waals surface area contributed by atoms with Crippen LogP contribution >= 0.6 is 11.3 Å². The fourth-order valence-electron chi connectivity index (χ4n) is 3.58. The molecule has 3 N–H and O–H groups in total. The number of hydrogen-bond donors (Lipinski definition) is 2. The summed E-state index contributed by atoms with van der Waals surface area (Å²) in [4.78, 5) is 22.0. The largest absolute Gasteiger partial charge is 0.454 e. The molecule has 0 unspecified atom stereocenters. The van der Waals surface area contributed by atoms with Gasteiger partial charge < -0.3 is 20.5 Å². The molecule has 5 rings (SSSR count). The second-order valence-corrected chi connectivity index (χ2v) is 8.55. The predicted molar refractivity (Wildman–Crippen MR) is 129 cm³/mol. The van der Waals surface area contributed by atoms with Crippen molar-refractivity contribution in [2.75, 3.05) is 12.1 Å². The van der Waals surface area contributed by atoms with Crippen LogP contribution in [0.5, 0.6) is 11.5 Å². The second kappa shape index (κ2) is 8.91. The van der Waals surface area contributed by atoms with E-state index in [-0.39, 0.29) is 6.79 Å². The first kappa shape index (κ1) is 21.0. The summed E-state index contributed by atoms with van der Waals surface area (Å²) in [6.45, 7) is 2.88. The molecule has 0 spiro atoms. The molecule has 0 saturated carbocycles. The number of benzene rings is 2. The van der Waals surface area contributed by atoms with E-state index in [9.17, 15) is 4.79 Å². The molecule has 0 fully saturated rings. The van der Waals surface area contributed by atoms with Crippen molar-refractivity contribution in [2.45, 2.75) is 19.9 Å². The van der Waals surface area contributed by atoms with Crippen molar-refractivity contribution in [3.8, 4) is 33.3 Å². The topological polar surface area (TPSA) is 99.4 Å². The maximum Gasteiger partial charge on any atom is 0.248 e. The van der Waals surface area contributed by atoms with Crippen LogP contribution in [-0.4, -0.2) is 22.7 Å². The highest BCUT2D eigenvalue weighted by Crippen LogP contribution is 2.42. The van der Waals surface area contributed by atoms with Gasteiger partial charge in [-0.25, -0.2) is 4.98 Å². The van der Waals surface area contributed by atoms with Crippen LogP contribution in [0, 0.1) is 0 Å². The normalized spacial score (nSPS) is 12.0. The van der Waals surface area contributed by atoms with Gasteiger partial charge in [-0.2, -0.15) is 0 Å². The van der Waals surface area contributed by atoms with Gasteiger partial charge in [0.15, 0.2) is 16.6 Å². The zero-order valence-electron chi connectivity index (χ0n) is 18.0. The van der Waals surface area contributed by atoms with Gasteiger partial charge in [-0.15, -0.1) is 0 Å². The third-order valence-corrected chi connectivity index (χ3v) is 6.39. The predicted octanol–water partition coefficient (Wildman–Crippen LogP) is 4.87. The van der Waals surface area contributed by atoms with E-state index >= 15 is 0 Å². The number of nitrogens with two attached hydrogens (primary N) is 1. The maximum atomic E-state index is 11.3. The van der Waals surface area contributed by atoms with E-state index in [1.807, 2.05) is 48.5 Å². The molecular weight excluding hydrogens is 436 g/mol. The summed E-state index contributed by atoms with van der Waals surface area (Å²) in [5.41, 5.74) is 10.5. The number of rotatable bonds is 7. The van der Waals surface area contributed by atoms with E-state index in [1.54, 1.807) is 23.5 Å². The monoisotopic (exact) mass is 458 g/mol. The minimum Gasteiger partial charge on any atom is -0.454 e. The SMILES string of the molecule is CCc1cccc(-c2sc(NCc3ccc(C(N)=O)cc3)nc2-c2ccc3c(c2)OCO3)n1. The van der Waals surface area contributed by atoms with E-state index in [1.165, 1.54) is 0 Å². The summed E-state index contributed by atoms with van der Waals surface area (Å²) in [5, 5.41) is 4.18. The minimum atomic E-state index is -0.436. The molecule has 7 nitrogen and oxygen atoms in total. The molecule has 1 aliphatic rings. The number of amides is 1. The molecule has 4 aromatic rings. The number of pyridine rings is 1. The van der Waals surface area contributed by atoms with Crippen molar-refractivity contribution in [3.05, 3.63) is 77.5 Å². The summed E-state index contributed by atoms with van der Waals surface area (Å²) in [5.74, 6) is 1.01. The van der Waals surface area contributed by atoms with Gasteiger partial charge in [0.25, 0.3) is 0 Å². The summed E-state index contributed by atoms with van der Waals surface area (Å²) in [7, 11) is 0. The number of hydrogen-bond acceptors (Lipinski definition) is 7. The lowest BCUT2D eigenvalue weighted by atomic mass is 10.1. The third kappa shape index (κ3) is 4.38. The molecule has 1 aliphatic heterocycles. The Morgan fingerprint density at radius 1 is 1.06 bits per heavy atom. The van der Waals surface area contributed by atoms with Gasteiger partial charge in [-0.3, -0.25) is 9.78 Å². The number of primary amides is 1. The van der Waals surface area contributed by atoms with Gasteiger partial charge in [-0.1, -0.05) is 36.5 Å². The molecule has 0 saturated heterocycles. The third-order valence-electron chi connectivity index (χ3n) is 5.36. The number of carbonyl (C=O) groups is 1. The first-order valence-electron chi connectivity index (χ1n) is 10.6. The molecule has 8 heteroatoms. The van der Waals surface area contributed by atoms with Crippen LogP contribution < -0.4 is 20.5 Å². The highest BCUT2D eigenvalue weighted by Gasteiger charge is 2.20. The van der Waals surface area contributed by atoms with Crippen molar-refractivity contribution >= 4 is 22.4 Å². The zero-order valence-corrected chi connectivity index (χ0v) is 18.8. The molecule has 0 aliphatic carbocycles. The Morgan fingerprint density at radius 2 is 1.88 bits per heavy atom. The average Bonchev–Trinajstić information content (AvgIpc) is 3.49. The summed E-state index contributed by atoms with van der Waals surface area (Å²) in [6, 6.07) is 19.1. The van der Waals surface area contributed by atoms with E-state index in [0.29, 0.717) is 17.9 Å². The Labute approximate surface area is 195 Å². The van der Waals surface area contributed by atoms with E-state index in [0.717, 1.165) is 50.4 Å². The Kier molecular flexibility index (Phi) is 5.66. The Hall–Kier alpha value is -3.91. The number of carbonyl (C=O) groups excluding carboxylic acids is 1. The number of anilines is 1. The maximum absolute atomic E-state index is 11.3. The van der Waals surface area contributed by atoms with Crippen molar-refractivity contribution in [1.29, 1.82) is 0 Å². The van der Waals surface area contributed by atoms with Gasteiger partial charge in [-0.05, 0) is 54.4 Å². The highest BCUT2D eigenvalue weighted by molar-refractivity contribution is 7.19. The number of ether oxygens (including phenoxy) is 2. The number of aryl methyl sites for hydroxylation is 1. The van der Waals surface area contributed by atoms with Crippen molar-refractivity contribution in [3.63, 3.8) is 0 Å². The minimum absolute atomic E-state index is 0.226. The van der Waals surface area contributed by atoms with Crippen LogP contribution in [0.15, 0.2) is 60.7 Å². The molecule has 2 aromatic carbocycles. The first-order chi connectivity index (χ1) is 16.1. The summed E-state index contributed by atoms with van der Waals surface area (Å²) >= 11 is 1.56. The Bertz CT molecular complexity index is 1320. The molecular formula is C25H22N4O3S. The lowest BCUT2D eigenvalue weighted by Gasteiger charge is -2.05. The molecule has 1 amide bonds. The van der Waals surface area contributed by atoms with Crippen LogP contribution in [0.2, 0.25) is 0 Å². The number of nitrogens with zero attached hydrogens (tertiary/aromatic N) is 2. The zero-order chi connectivity index (χ0) is 22.8. The summed E-state index contributed by atoms with van der Waals surface area (Å²) < 4.78 is 11.0. The summed E-state index contributed by atoms with van der Waals surface area (Å²) in [6.07, 6.45) is 0.860. The molecule has 33 heavy (non-hydrogen) atoms. The van der Waals surface area contributed by atoms with E-state index in [4.69, 9.17) is 25.2 Å². The molecule has 0 bridgehead atoms. The smallest absolute Gasteiger partial charge is 0.248 e. The number of nitrogens with one attached hydrogen (secondary N) is 1. The van der Waals surface area contributed by atoms with Gasteiger partial charge >= 0.3 is 0 Å². The Morgan fingerprint density at radius 3 is 2.67 bits per heavy atom. The van der Waals surface area contributed by atoms with Crippen LogP contribution in [0.3, 0.4) is 0 Å². The molecule has 0 atom stereocenters. The molecule has 0 radical (unpaired) electrons. The highest BCUT2D eigenvalue weighted by atomic mass is 32.1. The molecule has 2 aromatic heterocycles. The number of thiazole rings is 1. The van der Waals surface area contributed by atoms with Crippen LogP contribution in [0.1, 0.15) is 28.5 Å². The van der Waals surface area contributed by atoms with Crippen molar-refractivity contribution in [2.24, 2.45) is 5.73 Å². The van der Waals surface area contributed by atoms with Gasteiger partial charge in [0, 0.05) is 23.4 Å². The average molecular weight is 459 g/mol. The lowest BCUT2D eigenvalue weighted by Crippen LogP contribution is -2.10. The molecule has 3 heterocycles. The van der Waals surface area contributed by atoms with Crippen LogP contribution in [-0.2, 0) is 13.0 Å². The standard InChI is InChI=1S/C25H22N4O3S/c1-2-18-4-3-5-19(28-18)23-22(17-10-11-20-21(12-17)32-14-31-20)29-25(33-23)27-13-15-6-8-16(9-7-15)24(26)30/h3-12H,2,13-14H2,1H3,(H2,26,30)(H,27,29). The van der Waals surface area contributed by atoms with Gasteiger partial charge in [0.2, 0.25) is 12.7 Å². The lowest BCUT2D eigenvalue weighted by molar-refractivity contribution is 0.1000. The van der Waals surface area contributed by atoms with Gasteiger partial charge in [0.1, 0.15) is 0 Å². The first-order valence-corrected chi connectivity index (χ1v) is 11.4. The van der Waals surface area contributed by atoms with Crippen molar-refractivity contribution in [1.82, 2.24) is 9.97 Å². The second-order valence-electron chi connectivity index (χ2n) is 7.55. The van der Waals surface area contributed by atoms with Crippen molar-refractivity contribution < 1.29 is 14.3 Å². The fourth-order valence-corrected chi connectivity index (χ4v) is 4.53. The van der Waals surface area contributed by atoms with Crippen LogP contribution in [0.4, 0.5) is 5.13 Å². The fraction of sp³-hybridized carbons (Fsp3) is 0.160. The van der Waals surface area contributed by atoms with Crippen LogP contribution in [0.25, 0.3) is 21.8 Å². The number of aromatic nitrogens is 2. The van der Waals surface area contributed by atoms with E-state index in [2.05, 4.69) is 12.2 Å². The number of fused-ring (bicyclic) bond motifs is 1. The van der Waals surface area contributed by atoms with Gasteiger partial charge in [0.05, 0.1) is 16.3 Å². The molecule has 166 valence electrons.